The summed E-state index contributed by atoms with van der Waals surface area (Å²) in [4.78, 5) is 31.5. The van der Waals surface area contributed by atoms with Crippen LogP contribution in [0, 0.1) is 0 Å². The van der Waals surface area contributed by atoms with Crippen molar-refractivity contribution in [2.45, 2.75) is 6.04 Å². The standard InChI is InChI=1S/C23H17ClN2O4/c1-30-18-6-2-5-17(12-18)26-20(15-4-3-11-25-13-15)19(22(28)23(26)29)21(27)14-7-9-16(24)10-8-14/h2-13,20,27H,1H3/b21-19+. The zero-order valence-electron chi connectivity index (χ0n) is 15.9. The Morgan fingerprint density at radius 1 is 1.10 bits per heavy atom. The van der Waals surface area contributed by atoms with E-state index in [0.29, 0.717) is 27.6 Å². The molecule has 0 bridgehead atoms. The number of Topliss-reactive ketones (excluding diaryl/α,β-unsaturated/α-hetero) is 1. The van der Waals surface area contributed by atoms with Crippen molar-refractivity contribution < 1.29 is 19.4 Å². The second-order valence-corrected chi connectivity index (χ2v) is 7.10. The van der Waals surface area contributed by atoms with Crippen LogP contribution in [0.5, 0.6) is 5.75 Å². The number of carbonyl (C=O) groups is 2. The number of ether oxygens (including phenoxy) is 1. The molecule has 2 heterocycles. The summed E-state index contributed by atoms with van der Waals surface area (Å²) in [5.74, 6) is -1.26. The van der Waals surface area contributed by atoms with E-state index >= 15 is 0 Å². The van der Waals surface area contributed by atoms with Crippen LogP contribution in [-0.2, 0) is 9.59 Å². The third kappa shape index (κ3) is 3.42. The molecule has 1 unspecified atom stereocenters. The van der Waals surface area contributed by atoms with E-state index in [1.807, 2.05) is 0 Å². The van der Waals surface area contributed by atoms with E-state index in [1.165, 1.54) is 12.0 Å². The summed E-state index contributed by atoms with van der Waals surface area (Å²) < 4.78 is 5.26. The third-order valence-electron chi connectivity index (χ3n) is 4.89. The van der Waals surface area contributed by atoms with Gasteiger partial charge in [0.05, 0.1) is 18.7 Å². The summed E-state index contributed by atoms with van der Waals surface area (Å²) >= 11 is 5.94. The van der Waals surface area contributed by atoms with Crippen LogP contribution in [0.4, 0.5) is 5.69 Å². The third-order valence-corrected chi connectivity index (χ3v) is 5.15. The Morgan fingerprint density at radius 3 is 2.53 bits per heavy atom. The molecule has 0 aliphatic carbocycles. The first kappa shape index (κ1) is 19.7. The highest BCUT2D eigenvalue weighted by molar-refractivity contribution is 6.51. The van der Waals surface area contributed by atoms with Gasteiger partial charge in [0.15, 0.2) is 0 Å². The highest BCUT2D eigenvalue weighted by Gasteiger charge is 2.47. The number of amides is 1. The number of aliphatic hydroxyl groups excluding tert-OH is 1. The number of methoxy groups -OCH3 is 1. The van der Waals surface area contributed by atoms with Gasteiger partial charge in [0.1, 0.15) is 11.5 Å². The van der Waals surface area contributed by atoms with E-state index in [9.17, 15) is 14.7 Å². The average Bonchev–Trinajstić information content (AvgIpc) is 3.05. The monoisotopic (exact) mass is 420 g/mol. The normalized spacial score (nSPS) is 17.9. The second kappa shape index (κ2) is 8.00. The molecule has 2 aromatic carbocycles. The van der Waals surface area contributed by atoms with Gasteiger partial charge in [-0.25, -0.2) is 0 Å². The highest BCUT2D eigenvalue weighted by Crippen LogP contribution is 2.42. The lowest BCUT2D eigenvalue weighted by atomic mass is 9.96. The number of hydrogen-bond acceptors (Lipinski definition) is 5. The van der Waals surface area contributed by atoms with Gasteiger partial charge in [-0.15, -0.1) is 0 Å². The molecule has 1 N–H and O–H groups in total. The van der Waals surface area contributed by atoms with E-state index < -0.39 is 17.7 Å². The van der Waals surface area contributed by atoms with Crippen LogP contribution < -0.4 is 9.64 Å². The summed E-state index contributed by atoms with van der Waals surface area (Å²) in [7, 11) is 1.52. The van der Waals surface area contributed by atoms with Gasteiger partial charge >= 0.3 is 0 Å². The van der Waals surface area contributed by atoms with Crippen molar-refractivity contribution in [3.8, 4) is 5.75 Å². The van der Waals surface area contributed by atoms with Gasteiger partial charge in [-0.3, -0.25) is 19.5 Å². The van der Waals surface area contributed by atoms with Crippen LogP contribution in [0.1, 0.15) is 17.2 Å². The predicted molar refractivity (Wildman–Crippen MR) is 113 cm³/mol. The minimum absolute atomic E-state index is 0.0156. The molecule has 150 valence electrons. The van der Waals surface area contributed by atoms with E-state index in [2.05, 4.69) is 4.98 Å². The minimum Gasteiger partial charge on any atom is -0.507 e. The zero-order valence-corrected chi connectivity index (χ0v) is 16.7. The summed E-state index contributed by atoms with van der Waals surface area (Å²) in [6.45, 7) is 0. The van der Waals surface area contributed by atoms with Crippen LogP contribution >= 0.6 is 11.6 Å². The largest absolute Gasteiger partial charge is 0.507 e. The lowest BCUT2D eigenvalue weighted by Crippen LogP contribution is -2.29. The van der Waals surface area contributed by atoms with E-state index in [4.69, 9.17) is 16.3 Å². The number of benzene rings is 2. The Morgan fingerprint density at radius 2 is 1.87 bits per heavy atom. The molecule has 30 heavy (non-hydrogen) atoms. The van der Waals surface area contributed by atoms with Gasteiger partial charge in [-0.1, -0.05) is 23.7 Å². The summed E-state index contributed by atoms with van der Waals surface area (Å²) in [6, 6.07) is 15.9. The van der Waals surface area contributed by atoms with E-state index in [0.717, 1.165) is 0 Å². The van der Waals surface area contributed by atoms with Gasteiger partial charge < -0.3 is 9.84 Å². The molecule has 3 aromatic rings. The summed E-state index contributed by atoms with van der Waals surface area (Å²) in [5, 5.41) is 11.5. The van der Waals surface area contributed by atoms with Crippen molar-refractivity contribution in [2.24, 2.45) is 0 Å². The molecule has 7 heteroatoms. The van der Waals surface area contributed by atoms with Crippen molar-refractivity contribution in [3.63, 3.8) is 0 Å². The molecule has 1 aliphatic heterocycles. The molecule has 1 saturated heterocycles. The number of halogens is 1. The smallest absolute Gasteiger partial charge is 0.300 e. The lowest BCUT2D eigenvalue weighted by molar-refractivity contribution is -0.132. The Labute approximate surface area is 178 Å². The Balaban J connectivity index is 1.93. The molecule has 1 aromatic heterocycles. The zero-order chi connectivity index (χ0) is 21.3. The molecule has 1 amide bonds. The Bertz CT molecular complexity index is 1140. The van der Waals surface area contributed by atoms with E-state index in [-0.39, 0.29) is 11.3 Å². The number of aliphatic hydroxyl groups is 1. The number of carbonyl (C=O) groups excluding carboxylic acids is 2. The molecule has 1 atom stereocenters. The fourth-order valence-corrected chi connectivity index (χ4v) is 3.60. The van der Waals surface area contributed by atoms with Crippen LogP contribution in [0.3, 0.4) is 0 Å². The number of aromatic nitrogens is 1. The van der Waals surface area contributed by atoms with Crippen molar-refractivity contribution in [3.05, 3.63) is 94.8 Å². The van der Waals surface area contributed by atoms with Crippen molar-refractivity contribution in [2.75, 3.05) is 12.0 Å². The first-order chi connectivity index (χ1) is 14.5. The van der Waals surface area contributed by atoms with Crippen molar-refractivity contribution in [1.82, 2.24) is 4.98 Å². The molecule has 1 fully saturated rings. The van der Waals surface area contributed by atoms with Gasteiger partial charge in [-0.05, 0) is 48.0 Å². The number of ketones is 1. The number of nitrogens with zero attached hydrogens (tertiary/aromatic N) is 2. The summed E-state index contributed by atoms with van der Waals surface area (Å²) in [5.41, 5.74) is 1.44. The quantitative estimate of drug-likeness (QED) is 0.385. The first-order valence-corrected chi connectivity index (χ1v) is 9.50. The van der Waals surface area contributed by atoms with Crippen molar-refractivity contribution in [1.29, 1.82) is 0 Å². The highest BCUT2D eigenvalue weighted by atomic mass is 35.5. The number of pyridine rings is 1. The minimum atomic E-state index is -0.846. The lowest BCUT2D eigenvalue weighted by Gasteiger charge is -2.25. The molecule has 0 saturated carbocycles. The first-order valence-electron chi connectivity index (χ1n) is 9.12. The maximum atomic E-state index is 13.0. The van der Waals surface area contributed by atoms with Crippen LogP contribution in [0.25, 0.3) is 5.76 Å². The van der Waals surface area contributed by atoms with Crippen LogP contribution in [-0.4, -0.2) is 28.9 Å². The SMILES string of the molecule is COc1cccc(N2C(=O)C(=O)/C(=C(/O)c3ccc(Cl)cc3)C2c2cccnc2)c1. The molecular formula is C23H17ClN2O4. The fraction of sp³-hybridized carbons (Fsp3) is 0.0870. The Kier molecular flexibility index (Phi) is 5.25. The molecule has 4 rings (SSSR count). The molecule has 1 aliphatic rings. The second-order valence-electron chi connectivity index (χ2n) is 6.66. The number of rotatable bonds is 4. The number of hydrogen-bond donors (Lipinski definition) is 1. The van der Waals surface area contributed by atoms with Crippen LogP contribution in [0.2, 0.25) is 5.02 Å². The van der Waals surface area contributed by atoms with Gasteiger partial charge in [0, 0.05) is 34.7 Å². The molecule has 0 spiro atoms. The van der Waals surface area contributed by atoms with Gasteiger partial charge in [0.2, 0.25) is 0 Å². The topological polar surface area (TPSA) is 79.7 Å². The summed E-state index contributed by atoms with van der Waals surface area (Å²) in [6.07, 6.45) is 3.17. The van der Waals surface area contributed by atoms with Gasteiger partial charge in [-0.2, -0.15) is 0 Å². The molecule has 0 radical (unpaired) electrons. The van der Waals surface area contributed by atoms with Crippen LogP contribution in [0.15, 0.2) is 78.6 Å². The van der Waals surface area contributed by atoms with Gasteiger partial charge in [0.25, 0.3) is 11.7 Å². The van der Waals surface area contributed by atoms with Crippen molar-refractivity contribution >= 4 is 34.7 Å². The van der Waals surface area contributed by atoms with E-state index in [1.54, 1.807) is 73.1 Å². The maximum absolute atomic E-state index is 13.0. The number of anilines is 1. The fourth-order valence-electron chi connectivity index (χ4n) is 3.48. The Hall–Kier alpha value is -3.64. The predicted octanol–water partition coefficient (Wildman–Crippen LogP) is 4.37. The average molecular weight is 421 g/mol. The maximum Gasteiger partial charge on any atom is 0.300 e. The molecular weight excluding hydrogens is 404 g/mol. The molecule has 6 nitrogen and oxygen atoms in total.